The van der Waals surface area contributed by atoms with Crippen molar-refractivity contribution < 1.29 is 0 Å². The van der Waals surface area contributed by atoms with Gasteiger partial charge >= 0.3 is 0 Å². The molecule has 0 aromatic carbocycles. The number of likely N-dealkylation sites (tertiary alicyclic amines) is 1. The van der Waals surface area contributed by atoms with E-state index in [0.717, 1.165) is 0 Å². The Morgan fingerprint density at radius 3 is 2.87 bits per heavy atom. The number of rotatable bonds is 2. The van der Waals surface area contributed by atoms with E-state index in [4.69, 9.17) is 0 Å². The summed E-state index contributed by atoms with van der Waals surface area (Å²) in [5.74, 6) is 0. The van der Waals surface area contributed by atoms with Crippen LogP contribution in [0.15, 0.2) is 18.5 Å². The zero-order valence-corrected chi connectivity index (χ0v) is 9.56. The van der Waals surface area contributed by atoms with Gasteiger partial charge in [-0.05, 0) is 44.9 Å². The molecule has 2 heterocycles. The Bertz CT molecular complexity index is 297. The monoisotopic (exact) mass is 205 g/mol. The normalized spacial score (nSPS) is 23.3. The van der Waals surface area contributed by atoms with Gasteiger partial charge in [0.25, 0.3) is 0 Å². The summed E-state index contributed by atoms with van der Waals surface area (Å²) in [6.07, 6.45) is 7.61. The minimum atomic E-state index is 0.550. The molecule has 3 nitrogen and oxygen atoms in total. The van der Waals surface area contributed by atoms with Crippen LogP contribution in [0.5, 0.6) is 0 Å². The number of nitrogens with zero attached hydrogens (tertiary/aromatic N) is 3. The Morgan fingerprint density at radius 1 is 1.33 bits per heavy atom. The van der Waals surface area contributed by atoms with Crippen LogP contribution in [0.25, 0.3) is 0 Å². The lowest BCUT2D eigenvalue weighted by Gasteiger charge is -2.38. The van der Waals surface area contributed by atoms with Gasteiger partial charge in [-0.25, -0.2) is 0 Å². The molecule has 2 rings (SSSR count). The highest BCUT2D eigenvalue weighted by Crippen LogP contribution is 2.31. The first kappa shape index (κ1) is 10.6. The van der Waals surface area contributed by atoms with Crippen LogP contribution in [-0.4, -0.2) is 27.7 Å². The molecule has 1 fully saturated rings. The van der Waals surface area contributed by atoms with Gasteiger partial charge in [0, 0.05) is 18.3 Å². The largest absolute Gasteiger partial charge is 0.294 e. The van der Waals surface area contributed by atoms with Crippen LogP contribution in [0, 0.1) is 0 Å². The second-order valence-electron chi connectivity index (χ2n) is 4.52. The van der Waals surface area contributed by atoms with Crippen molar-refractivity contribution in [3.63, 3.8) is 0 Å². The molecule has 1 aliphatic heterocycles. The van der Waals surface area contributed by atoms with Crippen LogP contribution in [0.1, 0.15) is 44.7 Å². The molecule has 1 aromatic rings. The van der Waals surface area contributed by atoms with E-state index in [1.54, 1.807) is 6.20 Å². The summed E-state index contributed by atoms with van der Waals surface area (Å²) < 4.78 is 0. The SMILES string of the molecule is CC(C)N1CCCC[C@H]1c1ccnnc1. The quantitative estimate of drug-likeness (QED) is 0.742. The van der Waals surface area contributed by atoms with Gasteiger partial charge in [0.2, 0.25) is 0 Å². The molecule has 15 heavy (non-hydrogen) atoms. The third kappa shape index (κ3) is 2.34. The Kier molecular flexibility index (Phi) is 3.31. The minimum Gasteiger partial charge on any atom is -0.294 e. The molecule has 1 saturated heterocycles. The molecular weight excluding hydrogens is 186 g/mol. The second-order valence-corrected chi connectivity index (χ2v) is 4.52. The van der Waals surface area contributed by atoms with Crippen molar-refractivity contribution in [3.8, 4) is 0 Å². The summed E-state index contributed by atoms with van der Waals surface area (Å²) in [4.78, 5) is 2.57. The molecular formula is C12H19N3. The van der Waals surface area contributed by atoms with E-state index in [0.29, 0.717) is 12.1 Å². The third-order valence-corrected chi connectivity index (χ3v) is 3.20. The maximum absolute atomic E-state index is 3.98. The van der Waals surface area contributed by atoms with Crippen LogP contribution < -0.4 is 0 Å². The smallest absolute Gasteiger partial charge is 0.0544 e. The van der Waals surface area contributed by atoms with Gasteiger partial charge in [-0.2, -0.15) is 10.2 Å². The molecule has 0 saturated carbocycles. The van der Waals surface area contributed by atoms with Gasteiger partial charge in [-0.1, -0.05) is 6.42 Å². The van der Waals surface area contributed by atoms with Gasteiger partial charge in [-0.3, -0.25) is 4.90 Å². The average molecular weight is 205 g/mol. The fraction of sp³-hybridized carbons (Fsp3) is 0.667. The van der Waals surface area contributed by atoms with Crippen molar-refractivity contribution in [2.75, 3.05) is 6.54 Å². The lowest BCUT2D eigenvalue weighted by Crippen LogP contribution is -2.38. The summed E-state index contributed by atoms with van der Waals surface area (Å²) in [6, 6.07) is 3.26. The van der Waals surface area contributed by atoms with Crippen molar-refractivity contribution in [3.05, 3.63) is 24.0 Å². The van der Waals surface area contributed by atoms with Crippen LogP contribution in [-0.2, 0) is 0 Å². The Balaban J connectivity index is 2.18. The highest BCUT2D eigenvalue weighted by Gasteiger charge is 2.25. The standard InChI is InChI=1S/C12H19N3/c1-10(2)15-8-4-3-5-12(15)11-6-7-13-14-9-11/h6-7,9-10,12H,3-5,8H2,1-2H3/t12-/m0/s1. The average Bonchev–Trinajstić information content (AvgIpc) is 2.30. The number of piperidine rings is 1. The minimum absolute atomic E-state index is 0.550. The van der Waals surface area contributed by atoms with E-state index in [-0.39, 0.29) is 0 Å². The van der Waals surface area contributed by atoms with Crippen molar-refractivity contribution in [2.45, 2.75) is 45.2 Å². The predicted molar refractivity (Wildman–Crippen MR) is 60.5 cm³/mol. The topological polar surface area (TPSA) is 29.0 Å². The van der Waals surface area contributed by atoms with Gasteiger partial charge in [0.15, 0.2) is 0 Å². The van der Waals surface area contributed by atoms with Crippen LogP contribution in [0.3, 0.4) is 0 Å². The molecule has 0 radical (unpaired) electrons. The fourth-order valence-corrected chi connectivity index (χ4v) is 2.43. The van der Waals surface area contributed by atoms with E-state index in [2.05, 4.69) is 35.0 Å². The molecule has 3 heteroatoms. The van der Waals surface area contributed by atoms with E-state index in [1.807, 2.05) is 6.20 Å². The first-order valence-corrected chi connectivity index (χ1v) is 5.81. The van der Waals surface area contributed by atoms with Gasteiger partial charge < -0.3 is 0 Å². The molecule has 0 bridgehead atoms. The van der Waals surface area contributed by atoms with E-state index in [1.165, 1.54) is 31.4 Å². The van der Waals surface area contributed by atoms with Crippen molar-refractivity contribution in [2.24, 2.45) is 0 Å². The summed E-state index contributed by atoms with van der Waals surface area (Å²) in [5, 5.41) is 7.82. The second kappa shape index (κ2) is 4.71. The molecule has 82 valence electrons. The van der Waals surface area contributed by atoms with Crippen LogP contribution in [0.2, 0.25) is 0 Å². The molecule has 0 N–H and O–H groups in total. The molecule has 1 atom stereocenters. The summed E-state index contributed by atoms with van der Waals surface area (Å²) in [6.45, 7) is 5.75. The highest BCUT2D eigenvalue weighted by atomic mass is 15.2. The number of hydrogen-bond acceptors (Lipinski definition) is 3. The van der Waals surface area contributed by atoms with E-state index < -0.39 is 0 Å². The van der Waals surface area contributed by atoms with Crippen LogP contribution in [0.4, 0.5) is 0 Å². The van der Waals surface area contributed by atoms with Crippen molar-refractivity contribution >= 4 is 0 Å². The summed E-state index contributed by atoms with van der Waals surface area (Å²) >= 11 is 0. The third-order valence-electron chi connectivity index (χ3n) is 3.20. The zero-order valence-electron chi connectivity index (χ0n) is 9.56. The summed E-state index contributed by atoms with van der Waals surface area (Å²) in [5.41, 5.74) is 1.32. The van der Waals surface area contributed by atoms with E-state index >= 15 is 0 Å². The first-order valence-electron chi connectivity index (χ1n) is 5.81. The summed E-state index contributed by atoms with van der Waals surface area (Å²) in [7, 11) is 0. The molecule has 1 aromatic heterocycles. The Morgan fingerprint density at radius 2 is 2.20 bits per heavy atom. The molecule has 1 aliphatic rings. The Hall–Kier alpha value is -0.960. The molecule has 0 spiro atoms. The first-order chi connectivity index (χ1) is 7.29. The fourth-order valence-electron chi connectivity index (χ4n) is 2.43. The number of hydrogen-bond donors (Lipinski definition) is 0. The van der Waals surface area contributed by atoms with Crippen molar-refractivity contribution in [1.29, 1.82) is 0 Å². The van der Waals surface area contributed by atoms with Gasteiger partial charge in [0.1, 0.15) is 0 Å². The lowest BCUT2D eigenvalue weighted by atomic mass is 9.95. The number of aromatic nitrogens is 2. The Labute approximate surface area is 91.5 Å². The maximum atomic E-state index is 3.98. The predicted octanol–water partition coefficient (Wildman–Crippen LogP) is 2.41. The maximum Gasteiger partial charge on any atom is 0.0544 e. The lowest BCUT2D eigenvalue weighted by molar-refractivity contribution is 0.111. The highest BCUT2D eigenvalue weighted by molar-refractivity contribution is 5.12. The van der Waals surface area contributed by atoms with Gasteiger partial charge in [-0.15, -0.1) is 0 Å². The van der Waals surface area contributed by atoms with Crippen LogP contribution >= 0.6 is 0 Å². The van der Waals surface area contributed by atoms with Crippen molar-refractivity contribution in [1.82, 2.24) is 15.1 Å². The molecule has 0 aliphatic carbocycles. The van der Waals surface area contributed by atoms with Gasteiger partial charge in [0.05, 0.1) is 6.20 Å². The molecule has 0 unspecified atom stereocenters. The molecule has 0 amide bonds. The van der Waals surface area contributed by atoms with E-state index in [9.17, 15) is 0 Å². The zero-order chi connectivity index (χ0) is 10.7.